The molecule has 7 heteroatoms. The highest BCUT2D eigenvalue weighted by Crippen LogP contribution is 2.16. The van der Waals surface area contributed by atoms with Gasteiger partial charge in [0, 0.05) is 51.6 Å². The molecule has 1 aromatic carbocycles. The molecule has 1 fully saturated rings. The van der Waals surface area contributed by atoms with Crippen LogP contribution >= 0.6 is 12.2 Å². The second-order valence-electron chi connectivity index (χ2n) is 5.54. The lowest BCUT2D eigenvalue weighted by molar-refractivity contribution is 0.0923. The van der Waals surface area contributed by atoms with Gasteiger partial charge in [-0.05, 0) is 43.4 Å². The number of hydrogen-bond acceptors (Lipinski definition) is 4. The summed E-state index contributed by atoms with van der Waals surface area (Å²) in [6, 6.07) is 8.11. The molecule has 0 aliphatic carbocycles. The van der Waals surface area contributed by atoms with Crippen molar-refractivity contribution in [2.45, 2.75) is 6.92 Å². The molecule has 1 heterocycles. The number of carbonyl (C=O) groups is 1. The number of nitrogens with one attached hydrogen (secondary N) is 1. The van der Waals surface area contributed by atoms with Crippen molar-refractivity contribution in [3.63, 3.8) is 0 Å². The molecule has 1 saturated heterocycles. The van der Waals surface area contributed by atoms with Crippen LogP contribution in [0.3, 0.4) is 0 Å². The fourth-order valence-corrected chi connectivity index (χ4v) is 2.65. The van der Waals surface area contributed by atoms with Crippen LogP contribution in [-0.4, -0.2) is 67.9 Å². The van der Waals surface area contributed by atoms with Crippen molar-refractivity contribution < 1.29 is 9.53 Å². The van der Waals surface area contributed by atoms with E-state index in [9.17, 15) is 4.79 Å². The fraction of sp³-hybridized carbons (Fsp3) is 0.500. The Bertz CT molecular complexity index is 540. The van der Waals surface area contributed by atoms with E-state index in [2.05, 4.69) is 15.1 Å². The van der Waals surface area contributed by atoms with Crippen molar-refractivity contribution in [2.24, 2.45) is 0 Å². The molecule has 1 N–H and O–H groups in total. The summed E-state index contributed by atoms with van der Waals surface area (Å²) in [5, 5.41) is 3.94. The van der Waals surface area contributed by atoms with Gasteiger partial charge in [-0.2, -0.15) is 0 Å². The van der Waals surface area contributed by atoms with E-state index in [4.69, 9.17) is 17.0 Å². The Morgan fingerprint density at radius 3 is 2.26 bits per heavy atom. The molecule has 1 aliphatic rings. The van der Waals surface area contributed by atoms with Gasteiger partial charge in [0.2, 0.25) is 0 Å². The van der Waals surface area contributed by atoms with Crippen molar-refractivity contribution in [1.82, 2.24) is 9.80 Å². The van der Waals surface area contributed by atoms with Crippen LogP contribution in [0, 0.1) is 0 Å². The first-order valence-electron chi connectivity index (χ1n) is 7.76. The molecule has 126 valence electrons. The maximum Gasteiger partial charge on any atom is 0.409 e. The Hall–Kier alpha value is -2.02. The predicted molar refractivity (Wildman–Crippen MR) is 97.2 cm³/mol. The third kappa shape index (κ3) is 4.72. The van der Waals surface area contributed by atoms with Crippen molar-refractivity contribution in [2.75, 3.05) is 57.1 Å². The first-order chi connectivity index (χ1) is 11.0. The second kappa shape index (κ2) is 8.01. The highest BCUT2D eigenvalue weighted by Gasteiger charge is 2.23. The molecule has 1 aliphatic heterocycles. The lowest BCUT2D eigenvalue weighted by atomic mass is 10.2. The topological polar surface area (TPSA) is 48.1 Å². The second-order valence-corrected chi connectivity index (χ2v) is 5.93. The van der Waals surface area contributed by atoms with Gasteiger partial charge in [0.15, 0.2) is 5.11 Å². The van der Waals surface area contributed by atoms with E-state index in [1.807, 2.05) is 45.3 Å². The molecule has 0 bridgehead atoms. The lowest BCUT2D eigenvalue weighted by Crippen LogP contribution is -2.51. The minimum atomic E-state index is -0.245. The lowest BCUT2D eigenvalue weighted by Gasteiger charge is -2.35. The first kappa shape index (κ1) is 17.3. The van der Waals surface area contributed by atoms with Crippen LogP contribution < -0.4 is 10.2 Å². The van der Waals surface area contributed by atoms with Gasteiger partial charge in [-0.3, -0.25) is 0 Å². The first-order valence-corrected chi connectivity index (χ1v) is 8.17. The number of nitrogens with zero attached hydrogens (tertiary/aromatic N) is 3. The Kier molecular flexibility index (Phi) is 6.04. The highest BCUT2D eigenvalue weighted by molar-refractivity contribution is 7.80. The SMILES string of the molecule is CCOC(=O)N1CCN(C(=S)Nc2ccc(N(C)C)cc2)CC1. The largest absolute Gasteiger partial charge is 0.450 e. The zero-order valence-corrected chi connectivity index (χ0v) is 14.7. The molecule has 0 atom stereocenters. The van der Waals surface area contributed by atoms with Crippen LogP contribution in [0.1, 0.15) is 6.92 Å². The van der Waals surface area contributed by atoms with Gasteiger partial charge in [0.05, 0.1) is 6.61 Å². The maximum atomic E-state index is 11.7. The Labute approximate surface area is 143 Å². The molecule has 23 heavy (non-hydrogen) atoms. The molecule has 0 aromatic heterocycles. The Morgan fingerprint density at radius 2 is 1.74 bits per heavy atom. The quantitative estimate of drug-likeness (QED) is 0.854. The minimum Gasteiger partial charge on any atom is -0.450 e. The number of hydrogen-bond donors (Lipinski definition) is 1. The zero-order valence-electron chi connectivity index (χ0n) is 13.9. The monoisotopic (exact) mass is 336 g/mol. The standard InChI is InChI=1S/C16H24N4O2S/c1-4-22-16(21)20-11-9-19(10-12-20)15(23)17-13-5-7-14(8-6-13)18(2)3/h5-8H,4,9-12H2,1-3H3,(H,17,23). The molecule has 0 unspecified atom stereocenters. The maximum absolute atomic E-state index is 11.7. The van der Waals surface area contributed by atoms with Gasteiger partial charge in [-0.25, -0.2) is 4.79 Å². The number of anilines is 2. The molecule has 0 saturated carbocycles. The predicted octanol–water partition coefficient (Wildman–Crippen LogP) is 2.22. The molecule has 0 spiro atoms. The van der Waals surface area contributed by atoms with Gasteiger partial charge in [-0.15, -0.1) is 0 Å². The summed E-state index contributed by atoms with van der Waals surface area (Å²) >= 11 is 5.47. The fourth-order valence-electron chi connectivity index (χ4n) is 2.35. The molecule has 1 amide bonds. The Balaban J connectivity index is 1.84. The Morgan fingerprint density at radius 1 is 1.17 bits per heavy atom. The summed E-state index contributed by atoms with van der Waals surface area (Å²) in [5.41, 5.74) is 2.11. The van der Waals surface area contributed by atoms with Crippen molar-refractivity contribution in [3.8, 4) is 0 Å². The van der Waals surface area contributed by atoms with E-state index >= 15 is 0 Å². The summed E-state index contributed by atoms with van der Waals surface area (Å²) in [5.74, 6) is 0. The molecule has 1 aromatic rings. The normalized spacial score (nSPS) is 14.4. The van der Waals surface area contributed by atoms with E-state index in [0.717, 1.165) is 11.4 Å². The average Bonchev–Trinajstić information content (AvgIpc) is 2.55. The van der Waals surface area contributed by atoms with Gasteiger partial charge in [0.25, 0.3) is 0 Å². The highest BCUT2D eigenvalue weighted by atomic mass is 32.1. The number of benzene rings is 1. The zero-order chi connectivity index (χ0) is 16.8. The van der Waals surface area contributed by atoms with E-state index in [-0.39, 0.29) is 6.09 Å². The van der Waals surface area contributed by atoms with E-state index in [0.29, 0.717) is 37.9 Å². The minimum absolute atomic E-state index is 0.245. The summed E-state index contributed by atoms with van der Waals surface area (Å²) in [7, 11) is 4.02. The van der Waals surface area contributed by atoms with Crippen LogP contribution in [0.25, 0.3) is 0 Å². The van der Waals surface area contributed by atoms with E-state index in [1.165, 1.54) is 0 Å². The van der Waals surface area contributed by atoms with E-state index in [1.54, 1.807) is 4.90 Å². The average molecular weight is 336 g/mol. The number of piperazine rings is 1. The van der Waals surface area contributed by atoms with Crippen LogP contribution in [0.15, 0.2) is 24.3 Å². The molecule has 0 radical (unpaired) electrons. The van der Waals surface area contributed by atoms with Gasteiger partial charge >= 0.3 is 6.09 Å². The molecule has 2 rings (SSSR count). The molecular formula is C16H24N4O2S. The number of thiocarbonyl (C=S) groups is 1. The molecule has 6 nitrogen and oxygen atoms in total. The third-order valence-electron chi connectivity index (χ3n) is 3.73. The number of carbonyl (C=O) groups excluding carboxylic acids is 1. The van der Waals surface area contributed by atoms with Crippen LogP contribution in [0.4, 0.5) is 16.2 Å². The van der Waals surface area contributed by atoms with Crippen LogP contribution in [-0.2, 0) is 4.74 Å². The summed E-state index contributed by atoms with van der Waals surface area (Å²) < 4.78 is 5.02. The summed E-state index contributed by atoms with van der Waals surface area (Å²) in [4.78, 5) is 17.5. The summed E-state index contributed by atoms with van der Waals surface area (Å²) in [6.45, 7) is 4.89. The number of amides is 1. The number of rotatable bonds is 3. The van der Waals surface area contributed by atoms with Crippen LogP contribution in [0.5, 0.6) is 0 Å². The number of ether oxygens (including phenoxy) is 1. The van der Waals surface area contributed by atoms with Crippen molar-refractivity contribution in [3.05, 3.63) is 24.3 Å². The van der Waals surface area contributed by atoms with Crippen molar-refractivity contribution in [1.29, 1.82) is 0 Å². The summed E-state index contributed by atoms with van der Waals surface area (Å²) in [6.07, 6.45) is -0.245. The molecular weight excluding hydrogens is 312 g/mol. The smallest absolute Gasteiger partial charge is 0.409 e. The van der Waals surface area contributed by atoms with E-state index < -0.39 is 0 Å². The third-order valence-corrected chi connectivity index (χ3v) is 4.09. The van der Waals surface area contributed by atoms with Crippen molar-refractivity contribution >= 4 is 34.8 Å². The van der Waals surface area contributed by atoms with Crippen LogP contribution in [0.2, 0.25) is 0 Å². The van der Waals surface area contributed by atoms with Gasteiger partial charge in [0.1, 0.15) is 0 Å². The van der Waals surface area contributed by atoms with Gasteiger partial charge < -0.3 is 24.8 Å². The van der Waals surface area contributed by atoms with Gasteiger partial charge in [-0.1, -0.05) is 0 Å².